The van der Waals surface area contributed by atoms with Gasteiger partial charge in [0.2, 0.25) is 0 Å². The lowest BCUT2D eigenvalue weighted by atomic mass is 9.99. The molecule has 1 aromatic carbocycles. The van der Waals surface area contributed by atoms with E-state index in [9.17, 15) is 10.0 Å². The summed E-state index contributed by atoms with van der Waals surface area (Å²) in [6, 6.07) is 7.40. The van der Waals surface area contributed by atoms with Crippen molar-refractivity contribution in [1.82, 2.24) is 5.06 Å². The molecule has 5 nitrogen and oxygen atoms in total. The highest BCUT2D eigenvalue weighted by molar-refractivity contribution is 6.05. The SMILES string of the molecule is COc1cccc(C2=CC(=C3C=CC(=O)C(C)=C3)N=CN2O)c1. The molecule has 0 amide bonds. The molecule has 1 aliphatic heterocycles. The van der Waals surface area contributed by atoms with Crippen LogP contribution in [-0.4, -0.2) is 29.5 Å². The van der Waals surface area contributed by atoms with Crippen LogP contribution < -0.4 is 4.74 Å². The lowest BCUT2D eigenvalue weighted by molar-refractivity contribution is -0.111. The number of hydroxylamine groups is 2. The smallest absolute Gasteiger partial charge is 0.181 e. The Bertz CT molecular complexity index is 813. The monoisotopic (exact) mass is 308 g/mol. The second-order valence-electron chi connectivity index (χ2n) is 5.22. The molecule has 1 heterocycles. The maximum Gasteiger partial charge on any atom is 0.181 e. The van der Waals surface area contributed by atoms with Crippen molar-refractivity contribution in [2.75, 3.05) is 7.11 Å². The van der Waals surface area contributed by atoms with Crippen molar-refractivity contribution in [2.24, 2.45) is 4.99 Å². The van der Waals surface area contributed by atoms with E-state index in [1.54, 1.807) is 32.3 Å². The summed E-state index contributed by atoms with van der Waals surface area (Å²) >= 11 is 0. The quantitative estimate of drug-likeness (QED) is 0.912. The Labute approximate surface area is 134 Å². The molecule has 0 saturated carbocycles. The summed E-state index contributed by atoms with van der Waals surface area (Å²) in [4.78, 5) is 15.8. The van der Waals surface area contributed by atoms with Crippen molar-refractivity contribution >= 4 is 17.8 Å². The van der Waals surface area contributed by atoms with Gasteiger partial charge in [-0.3, -0.25) is 10.0 Å². The highest BCUT2D eigenvalue weighted by atomic mass is 16.5. The Hall–Kier alpha value is -2.92. The summed E-state index contributed by atoms with van der Waals surface area (Å²) < 4.78 is 5.22. The Morgan fingerprint density at radius 1 is 1.22 bits per heavy atom. The molecule has 0 spiro atoms. The molecule has 0 bridgehead atoms. The first-order chi connectivity index (χ1) is 11.1. The van der Waals surface area contributed by atoms with Crippen LogP contribution in [0, 0.1) is 0 Å². The molecule has 0 atom stereocenters. The van der Waals surface area contributed by atoms with E-state index in [4.69, 9.17) is 4.74 Å². The van der Waals surface area contributed by atoms with Crippen LogP contribution in [0.3, 0.4) is 0 Å². The van der Waals surface area contributed by atoms with Gasteiger partial charge in [0, 0.05) is 11.1 Å². The molecule has 2 aliphatic rings. The van der Waals surface area contributed by atoms with Crippen molar-refractivity contribution in [2.45, 2.75) is 6.92 Å². The number of rotatable bonds is 2. The Balaban J connectivity index is 2.05. The van der Waals surface area contributed by atoms with Gasteiger partial charge in [-0.1, -0.05) is 12.1 Å². The number of methoxy groups -OCH3 is 1. The van der Waals surface area contributed by atoms with Crippen molar-refractivity contribution in [3.8, 4) is 5.75 Å². The molecule has 1 aromatic rings. The number of nitrogens with zero attached hydrogens (tertiary/aromatic N) is 2. The predicted molar refractivity (Wildman–Crippen MR) is 88.0 cm³/mol. The average molecular weight is 308 g/mol. The molecule has 0 aromatic heterocycles. The van der Waals surface area contributed by atoms with Crippen LogP contribution in [0.2, 0.25) is 0 Å². The fraction of sp³-hybridized carbons (Fsp3) is 0.111. The van der Waals surface area contributed by atoms with Crippen LogP contribution in [-0.2, 0) is 4.79 Å². The number of benzene rings is 1. The number of ether oxygens (including phenoxy) is 1. The fourth-order valence-corrected chi connectivity index (χ4v) is 2.38. The van der Waals surface area contributed by atoms with E-state index in [0.29, 0.717) is 22.7 Å². The summed E-state index contributed by atoms with van der Waals surface area (Å²) in [5.41, 5.74) is 3.54. The largest absolute Gasteiger partial charge is 0.497 e. The van der Waals surface area contributed by atoms with E-state index in [2.05, 4.69) is 4.99 Å². The minimum atomic E-state index is -0.00470. The number of carbonyl (C=O) groups excluding carboxylic acids is 1. The Kier molecular flexibility index (Phi) is 3.95. The molecule has 1 N–H and O–H groups in total. The van der Waals surface area contributed by atoms with Gasteiger partial charge in [-0.05, 0) is 48.9 Å². The van der Waals surface area contributed by atoms with Gasteiger partial charge in [0.15, 0.2) is 5.78 Å². The molecule has 0 unspecified atom stereocenters. The molecular weight excluding hydrogens is 292 g/mol. The minimum absolute atomic E-state index is 0.00470. The van der Waals surface area contributed by atoms with Crippen LogP contribution in [0.15, 0.2) is 70.4 Å². The Morgan fingerprint density at radius 3 is 2.78 bits per heavy atom. The van der Waals surface area contributed by atoms with Crippen molar-refractivity contribution in [3.05, 3.63) is 71.0 Å². The van der Waals surface area contributed by atoms with E-state index in [1.165, 1.54) is 12.4 Å². The maximum atomic E-state index is 11.5. The van der Waals surface area contributed by atoms with Gasteiger partial charge in [0.05, 0.1) is 18.5 Å². The fourth-order valence-electron chi connectivity index (χ4n) is 2.38. The van der Waals surface area contributed by atoms with Crippen molar-refractivity contribution in [3.63, 3.8) is 0 Å². The van der Waals surface area contributed by atoms with Gasteiger partial charge in [-0.2, -0.15) is 0 Å². The molecule has 23 heavy (non-hydrogen) atoms. The molecule has 1 aliphatic carbocycles. The van der Waals surface area contributed by atoms with Gasteiger partial charge < -0.3 is 4.74 Å². The van der Waals surface area contributed by atoms with E-state index in [0.717, 1.165) is 16.2 Å². The third-order valence-corrected chi connectivity index (χ3v) is 3.66. The van der Waals surface area contributed by atoms with E-state index >= 15 is 0 Å². The molecule has 116 valence electrons. The first-order valence-electron chi connectivity index (χ1n) is 7.12. The van der Waals surface area contributed by atoms with Crippen LogP contribution in [0.4, 0.5) is 0 Å². The molecule has 5 heteroatoms. The molecule has 0 fully saturated rings. The standard InChI is InChI=1S/C18H16N2O3/c1-12-8-13(6-7-18(12)21)16-10-17(20(22)11-19-16)14-4-3-5-15(9-14)23-2/h3-11,22H,1-2H3. The molecule has 0 radical (unpaired) electrons. The van der Waals surface area contributed by atoms with Crippen LogP contribution in [0.25, 0.3) is 5.70 Å². The highest BCUT2D eigenvalue weighted by Gasteiger charge is 2.16. The second kappa shape index (κ2) is 6.06. The zero-order valence-electron chi connectivity index (χ0n) is 12.9. The van der Waals surface area contributed by atoms with Crippen LogP contribution in [0.5, 0.6) is 5.75 Å². The van der Waals surface area contributed by atoms with E-state index in [1.807, 2.05) is 24.3 Å². The van der Waals surface area contributed by atoms with Crippen LogP contribution >= 0.6 is 0 Å². The van der Waals surface area contributed by atoms with Gasteiger partial charge in [0.25, 0.3) is 0 Å². The average Bonchev–Trinajstić information content (AvgIpc) is 2.58. The highest BCUT2D eigenvalue weighted by Crippen LogP contribution is 2.28. The zero-order valence-corrected chi connectivity index (χ0v) is 12.9. The summed E-state index contributed by atoms with van der Waals surface area (Å²) in [6.45, 7) is 1.77. The number of hydrogen-bond acceptors (Lipinski definition) is 5. The lowest BCUT2D eigenvalue weighted by Gasteiger charge is -2.21. The van der Waals surface area contributed by atoms with Crippen molar-refractivity contribution in [1.29, 1.82) is 0 Å². The van der Waals surface area contributed by atoms with Gasteiger partial charge in [-0.15, -0.1) is 0 Å². The topological polar surface area (TPSA) is 62.1 Å². The first kappa shape index (κ1) is 15.0. The van der Waals surface area contributed by atoms with Gasteiger partial charge in [0.1, 0.15) is 12.1 Å². The number of hydrogen-bond donors (Lipinski definition) is 1. The van der Waals surface area contributed by atoms with Gasteiger partial charge >= 0.3 is 0 Å². The molecule has 3 rings (SSSR count). The summed E-state index contributed by atoms with van der Waals surface area (Å²) in [5.74, 6) is 0.697. The third kappa shape index (κ3) is 3.00. The summed E-state index contributed by atoms with van der Waals surface area (Å²) in [7, 11) is 1.59. The number of carbonyl (C=O) groups is 1. The zero-order chi connectivity index (χ0) is 16.4. The number of aliphatic imine (C=N–C) groups is 1. The van der Waals surface area contributed by atoms with Gasteiger partial charge in [-0.25, -0.2) is 10.1 Å². The molecular formula is C18H16N2O3. The number of allylic oxidation sites excluding steroid dienone is 6. The maximum absolute atomic E-state index is 11.5. The third-order valence-electron chi connectivity index (χ3n) is 3.66. The summed E-state index contributed by atoms with van der Waals surface area (Å²) in [6.07, 6.45) is 8.16. The first-order valence-corrected chi connectivity index (χ1v) is 7.12. The Morgan fingerprint density at radius 2 is 2.04 bits per heavy atom. The second-order valence-corrected chi connectivity index (χ2v) is 5.22. The number of ketones is 1. The minimum Gasteiger partial charge on any atom is -0.497 e. The summed E-state index contributed by atoms with van der Waals surface area (Å²) in [5, 5.41) is 11.0. The van der Waals surface area contributed by atoms with E-state index in [-0.39, 0.29) is 5.78 Å². The van der Waals surface area contributed by atoms with Crippen molar-refractivity contribution < 1.29 is 14.7 Å². The van der Waals surface area contributed by atoms with Crippen LogP contribution in [0.1, 0.15) is 12.5 Å². The lowest BCUT2D eigenvalue weighted by Crippen LogP contribution is -2.19. The predicted octanol–water partition coefficient (Wildman–Crippen LogP) is 3.11. The van der Waals surface area contributed by atoms with E-state index < -0.39 is 0 Å². The molecule has 0 saturated heterocycles. The normalized spacial score (nSPS) is 20.5.